The molecule has 0 amide bonds. The fraction of sp³-hybridized carbons (Fsp3) is 0.364. The molecule has 0 aliphatic heterocycles. The molecule has 0 radical (unpaired) electrons. The molecule has 1 unspecified atom stereocenters. The summed E-state index contributed by atoms with van der Waals surface area (Å²) in [6, 6.07) is 4.06. The lowest BCUT2D eigenvalue weighted by Gasteiger charge is -2.14. The van der Waals surface area contributed by atoms with E-state index in [2.05, 4.69) is 0 Å². The van der Waals surface area contributed by atoms with E-state index in [1.165, 1.54) is 7.11 Å². The van der Waals surface area contributed by atoms with Crippen LogP contribution in [-0.2, 0) is 9.53 Å². The van der Waals surface area contributed by atoms with Crippen LogP contribution < -0.4 is 10.5 Å². The second-order valence-corrected chi connectivity index (χ2v) is 3.55. The molecule has 0 heterocycles. The van der Waals surface area contributed by atoms with Crippen molar-refractivity contribution < 1.29 is 14.3 Å². The van der Waals surface area contributed by atoms with E-state index in [4.69, 9.17) is 26.8 Å². The first-order valence-electron chi connectivity index (χ1n) is 4.85. The third-order valence-electron chi connectivity index (χ3n) is 2.07. The predicted octanol–water partition coefficient (Wildman–Crippen LogP) is 1.91. The van der Waals surface area contributed by atoms with E-state index in [1.807, 2.05) is 0 Å². The van der Waals surface area contributed by atoms with E-state index >= 15 is 0 Å². The fourth-order valence-electron chi connectivity index (χ4n) is 1.30. The molecule has 0 aromatic heterocycles. The highest BCUT2D eigenvalue weighted by Gasteiger charge is 2.20. The van der Waals surface area contributed by atoms with Gasteiger partial charge in [-0.2, -0.15) is 0 Å². The number of benzene rings is 1. The monoisotopic (exact) mass is 243 g/mol. The molecule has 5 heteroatoms. The third-order valence-corrected chi connectivity index (χ3v) is 2.31. The third kappa shape index (κ3) is 2.87. The van der Waals surface area contributed by atoms with E-state index < -0.39 is 12.0 Å². The van der Waals surface area contributed by atoms with Gasteiger partial charge < -0.3 is 15.2 Å². The number of methoxy groups -OCH3 is 1. The van der Waals surface area contributed by atoms with Gasteiger partial charge in [-0.3, -0.25) is 0 Å². The molecule has 1 atom stereocenters. The minimum atomic E-state index is -0.854. The van der Waals surface area contributed by atoms with Gasteiger partial charge >= 0.3 is 5.97 Å². The molecule has 1 aromatic rings. The molecular weight excluding hydrogens is 230 g/mol. The van der Waals surface area contributed by atoms with Crippen LogP contribution in [0.25, 0.3) is 0 Å². The van der Waals surface area contributed by atoms with Crippen molar-refractivity contribution in [2.24, 2.45) is 5.73 Å². The van der Waals surface area contributed by atoms with Crippen molar-refractivity contribution in [3.8, 4) is 5.75 Å². The molecular formula is C11H14ClNO3. The molecule has 1 aromatic carbocycles. The van der Waals surface area contributed by atoms with Crippen molar-refractivity contribution in [3.05, 3.63) is 28.8 Å². The van der Waals surface area contributed by atoms with E-state index in [9.17, 15) is 4.79 Å². The summed E-state index contributed by atoms with van der Waals surface area (Å²) < 4.78 is 9.94. The minimum Gasteiger partial charge on any atom is -0.496 e. The number of esters is 1. The van der Waals surface area contributed by atoms with Gasteiger partial charge in [0.25, 0.3) is 0 Å². The summed E-state index contributed by atoms with van der Waals surface area (Å²) in [6.07, 6.45) is 0. The van der Waals surface area contributed by atoms with Gasteiger partial charge in [0.1, 0.15) is 11.8 Å². The molecule has 0 fully saturated rings. The number of carbonyl (C=O) groups is 1. The molecule has 0 aliphatic rings. The average molecular weight is 244 g/mol. The van der Waals surface area contributed by atoms with Gasteiger partial charge in [0.2, 0.25) is 0 Å². The van der Waals surface area contributed by atoms with E-state index in [0.717, 1.165) is 0 Å². The van der Waals surface area contributed by atoms with Gasteiger partial charge in [0, 0.05) is 10.6 Å². The predicted molar refractivity (Wildman–Crippen MR) is 61.6 cm³/mol. The number of rotatable bonds is 4. The highest BCUT2D eigenvalue weighted by atomic mass is 35.5. The minimum absolute atomic E-state index is 0.294. The zero-order chi connectivity index (χ0) is 12.1. The molecule has 0 saturated heterocycles. The summed E-state index contributed by atoms with van der Waals surface area (Å²) in [4.78, 5) is 11.5. The lowest BCUT2D eigenvalue weighted by Crippen LogP contribution is -2.24. The Hall–Kier alpha value is -1.26. The van der Waals surface area contributed by atoms with Crippen LogP contribution in [0.5, 0.6) is 5.75 Å². The Labute approximate surface area is 99.3 Å². The molecule has 1 rings (SSSR count). The Bertz CT molecular complexity index is 381. The first-order valence-corrected chi connectivity index (χ1v) is 5.23. The van der Waals surface area contributed by atoms with Crippen molar-refractivity contribution in [3.63, 3.8) is 0 Å². The summed E-state index contributed by atoms with van der Waals surface area (Å²) >= 11 is 5.80. The van der Waals surface area contributed by atoms with Gasteiger partial charge in [0.15, 0.2) is 0 Å². The van der Waals surface area contributed by atoms with Crippen molar-refractivity contribution in [2.45, 2.75) is 13.0 Å². The quantitative estimate of drug-likeness (QED) is 0.821. The van der Waals surface area contributed by atoms with Gasteiger partial charge in [-0.15, -0.1) is 0 Å². The summed E-state index contributed by atoms with van der Waals surface area (Å²) in [5, 5.41) is 0.525. The van der Waals surface area contributed by atoms with Gasteiger partial charge in [-0.05, 0) is 19.1 Å². The number of carbonyl (C=O) groups excluding carboxylic acids is 1. The van der Waals surface area contributed by atoms with Crippen molar-refractivity contribution in [2.75, 3.05) is 13.7 Å². The largest absolute Gasteiger partial charge is 0.496 e. The van der Waals surface area contributed by atoms with Crippen LogP contribution in [0.15, 0.2) is 18.2 Å². The number of halogens is 1. The maximum absolute atomic E-state index is 11.5. The molecule has 88 valence electrons. The lowest BCUT2D eigenvalue weighted by molar-refractivity contribution is -0.144. The Morgan fingerprint density at radius 3 is 2.81 bits per heavy atom. The first-order chi connectivity index (χ1) is 7.60. The standard InChI is InChI=1S/C11H14ClNO3/c1-3-16-11(14)10(13)8-5-4-7(12)6-9(8)15-2/h4-6,10H,3,13H2,1-2H3. The number of nitrogens with two attached hydrogens (primary N) is 1. The van der Waals surface area contributed by atoms with Gasteiger partial charge in [0.05, 0.1) is 13.7 Å². The first kappa shape index (κ1) is 12.8. The van der Waals surface area contributed by atoms with Crippen LogP contribution >= 0.6 is 11.6 Å². The average Bonchev–Trinajstić information content (AvgIpc) is 2.28. The van der Waals surface area contributed by atoms with Crippen molar-refractivity contribution in [1.82, 2.24) is 0 Å². The van der Waals surface area contributed by atoms with Gasteiger partial charge in [-0.1, -0.05) is 17.7 Å². The number of ether oxygens (including phenoxy) is 2. The number of hydrogen-bond donors (Lipinski definition) is 1. The van der Waals surface area contributed by atoms with Crippen LogP contribution in [-0.4, -0.2) is 19.7 Å². The normalized spacial score (nSPS) is 12.0. The SMILES string of the molecule is CCOC(=O)C(N)c1ccc(Cl)cc1OC. The maximum atomic E-state index is 11.5. The Kier molecular flexibility index (Phi) is 4.58. The van der Waals surface area contributed by atoms with E-state index in [1.54, 1.807) is 25.1 Å². The summed E-state index contributed by atoms with van der Waals surface area (Å²) in [5.41, 5.74) is 6.31. The Morgan fingerprint density at radius 2 is 2.25 bits per heavy atom. The maximum Gasteiger partial charge on any atom is 0.327 e. The fourth-order valence-corrected chi connectivity index (χ4v) is 1.46. The zero-order valence-electron chi connectivity index (χ0n) is 9.20. The topological polar surface area (TPSA) is 61.5 Å². The molecule has 0 bridgehead atoms. The second-order valence-electron chi connectivity index (χ2n) is 3.12. The van der Waals surface area contributed by atoms with Crippen LogP contribution in [0.1, 0.15) is 18.5 Å². The smallest absolute Gasteiger partial charge is 0.327 e. The summed E-state index contributed by atoms with van der Waals surface area (Å²) in [5.74, 6) is -0.00354. The van der Waals surface area contributed by atoms with Crippen LogP contribution in [0.3, 0.4) is 0 Å². The molecule has 0 saturated carbocycles. The molecule has 4 nitrogen and oxygen atoms in total. The molecule has 16 heavy (non-hydrogen) atoms. The van der Waals surface area contributed by atoms with E-state index in [0.29, 0.717) is 22.9 Å². The summed E-state index contributed by atoms with van der Waals surface area (Å²) in [6.45, 7) is 2.02. The van der Waals surface area contributed by atoms with Crippen molar-refractivity contribution >= 4 is 17.6 Å². The second kappa shape index (κ2) is 5.72. The number of hydrogen-bond acceptors (Lipinski definition) is 4. The summed E-state index contributed by atoms with van der Waals surface area (Å²) in [7, 11) is 1.49. The van der Waals surface area contributed by atoms with Gasteiger partial charge in [-0.25, -0.2) is 4.79 Å². The van der Waals surface area contributed by atoms with Crippen LogP contribution in [0, 0.1) is 0 Å². The molecule has 0 aliphatic carbocycles. The van der Waals surface area contributed by atoms with E-state index in [-0.39, 0.29) is 0 Å². The van der Waals surface area contributed by atoms with Crippen LogP contribution in [0.2, 0.25) is 5.02 Å². The molecule has 2 N–H and O–H groups in total. The highest BCUT2D eigenvalue weighted by Crippen LogP contribution is 2.27. The lowest BCUT2D eigenvalue weighted by atomic mass is 10.1. The highest BCUT2D eigenvalue weighted by molar-refractivity contribution is 6.30. The van der Waals surface area contributed by atoms with Crippen molar-refractivity contribution in [1.29, 1.82) is 0 Å². The Balaban J connectivity index is 2.98. The molecule has 0 spiro atoms. The van der Waals surface area contributed by atoms with Crippen LogP contribution in [0.4, 0.5) is 0 Å². The zero-order valence-corrected chi connectivity index (χ0v) is 9.95. The Morgan fingerprint density at radius 1 is 1.56 bits per heavy atom.